The second kappa shape index (κ2) is 12.9. The monoisotopic (exact) mass is 748 g/mol. The van der Waals surface area contributed by atoms with Gasteiger partial charge in [0.1, 0.15) is 0 Å². The van der Waals surface area contributed by atoms with Crippen LogP contribution in [0.4, 0.5) is 0 Å². The number of rotatable bonds is 4. The molecule has 11 aromatic carbocycles. The molecule has 0 aromatic heterocycles. The normalized spacial score (nSPS) is 13.1. The standard InChI is InChI=1S/C59H40/c1-59(2)55-24-10-9-21-49(55)50-30-29-44(36-56(50)59)58-52-32-28-41(47-22-11-17-38-14-5-7-19-45(38)47)34-53(52)57(43-26-25-37-13-3-4-16-40(37)33-43)51-31-27-42(35-54(51)58)48-23-12-18-39-15-6-8-20-46(39)48/h3-36H,1-2H3. The van der Waals surface area contributed by atoms with Crippen molar-refractivity contribution in [1.29, 1.82) is 0 Å². The van der Waals surface area contributed by atoms with Crippen molar-refractivity contribution >= 4 is 53.9 Å². The van der Waals surface area contributed by atoms with Crippen molar-refractivity contribution in [3.05, 3.63) is 217 Å². The first-order chi connectivity index (χ1) is 29.0. The van der Waals surface area contributed by atoms with Crippen LogP contribution in [0.5, 0.6) is 0 Å². The summed E-state index contributed by atoms with van der Waals surface area (Å²) in [6.45, 7) is 4.77. The largest absolute Gasteiger partial charge is 0.0619 e. The molecule has 12 rings (SSSR count). The lowest BCUT2D eigenvalue weighted by atomic mass is 9.80. The average molecular weight is 749 g/mol. The summed E-state index contributed by atoms with van der Waals surface area (Å²) in [5.74, 6) is 0. The van der Waals surface area contributed by atoms with Crippen LogP contribution < -0.4 is 0 Å². The van der Waals surface area contributed by atoms with Crippen LogP contribution in [0, 0.1) is 0 Å². The van der Waals surface area contributed by atoms with Crippen molar-refractivity contribution in [3.8, 4) is 55.6 Å². The van der Waals surface area contributed by atoms with Gasteiger partial charge >= 0.3 is 0 Å². The molecule has 1 aliphatic carbocycles. The second-order valence-corrected chi connectivity index (χ2v) is 16.8. The average Bonchev–Trinajstić information content (AvgIpc) is 3.52. The van der Waals surface area contributed by atoms with Crippen molar-refractivity contribution in [3.63, 3.8) is 0 Å². The van der Waals surface area contributed by atoms with Crippen LogP contribution in [-0.2, 0) is 5.41 Å². The third-order valence-corrected chi connectivity index (χ3v) is 13.2. The fraction of sp³-hybridized carbons (Fsp3) is 0.0508. The van der Waals surface area contributed by atoms with Gasteiger partial charge in [-0.15, -0.1) is 0 Å². The Morgan fingerprint density at radius 1 is 0.254 bits per heavy atom. The summed E-state index contributed by atoms with van der Waals surface area (Å²) in [6, 6.07) is 77.3. The minimum absolute atomic E-state index is 0.117. The molecule has 1 aliphatic rings. The molecule has 0 saturated heterocycles. The number of fused-ring (bicyclic) bond motifs is 8. The summed E-state index contributed by atoms with van der Waals surface area (Å²) in [5.41, 5.74) is 15.3. The van der Waals surface area contributed by atoms with Crippen molar-refractivity contribution in [1.82, 2.24) is 0 Å². The predicted molar refractivity (Wildman–Crippen MR) is 253 cm³/mol. The molecule has 0 aliphatic heterocycles. The molecule has 0 heteroatoms. The van der Waals surface area contributed by atoms with E-state index in [1.54, 1.807) is 0 Å². The Bertz CT molecular complexity index is 3520. The number of hydrogen-bond acceptors (Lipinski definition) is 0. The Balaban J connectivity index is 1.22. The maximum Gasteiger partial charge on any atom is 0.0159 e. The highest BCUT2D eigenvalue weighted by Gasteiger charge is 2.35. The molecule has 0 N–H and O–H groups in total. The molecule has 0 radical (unpaired) electrons. The molecule has 0 unspecified atom stereocenters. The molecule has 0 bridgehead atoms. The smallest absolute Gasteiger partial charge is 0.0159 e. The summed E-state index contributed by atoms with van der Waals surface area (Å²) in [5, 5.41) is 12.6. The molecule has 11 aromatic rings. The van der Waals surface area contributed by atoms with Gasteiger partial charge in [-0.05, 0) is 145 Å². The van der Waals surface area contributed by atoms with Crippen LogP contribution in [0.15, 0.2) is 206 Å². The summed E-state index contributed by atoms with van der Waals surface area (Å²) in [6.07, 6.45) is 0. The van der Waals surface area contributed by atoms with Crippen molar-refractivity contribution < 1.29 is 0 Å². The molecule has 0 heterocycles. The van der Waals surface area contributed by atoms with Crippen LogP contribution in [0.3, 0.4) is 0 Å². The van der Waals surface area contributed by atoms with E-state index >= 15 is 0 Å². The molecular weight excluding hydrogens is 709 g/mol. The lowest BCUT2D eigenvalue weighted by Crippen LogP contribution is -2.14. The van der Waals surface area contributed by atoms with E-state index in [2.05, 4.69) is 220 Å². The zero-order valence-corrected chi connectivity index (χ0v) is 33.1. The van der Waals surface area contributed by atoms with Crippen LogP contribution in [-0.4, -0.2) is 0 Å². The zero-order valence-electron chi connectivity index (χ0n) is 33.1. The Morgan fingerprint density at radius 2 is 0.712 bits per heavy atom. The highest BCUT2D eigenvalue weighted by atomic mass is 14.4. The molecular formula is C59H40. The maximum absolute atomic E-state index is 2.50. The molecule has 0 fully saturated rings. The van der Waals surface area contributed by atoms with E-state index in [-0.39, 0.29) is 5.41 Å². The summed E-state index contributed by atoms with van der Waals surface area (Å²) in [4.78, 5) is 0. The quantitative estimate of drug-likeness (QED) is 0.157. The SMILES string of the molecule is CC1(C)c2ccccc2-c2ccc(-c3c4ccc(-c5cccc6ccccc56)cc4c(-c4ccc5ccccc5c4)c4ccc(-c5cccc6ccccc56)cc34)cc21. The van der Waals surface area contributed by atoms with E-state index in [0.29, 0.717) is 0 Å². The van der Waals surface area contributed by atoms with Gasteiger partial charge < -0.3 is 0 Å². The molecule has 0 saturated carbocycles. The lowest BCUT2D eigenvalue weighted by molar-refractivity contribution is 0.660. The fourth-order valence-electron chi connectivity index (χ4n) is 10.3. The third-order valence-electron chi connectivity index (χ3n) is 13.2. The van der Waals surface area contributed by atoms with Crippen LogP contribution in [0.1, 0.15) is 25.0 Å². The van der Waals surface area contributed by atoms with E-state index in [1.165, 1.54) is 121 Å². The van der Waals surface area contributed by atoms with Crippen LogP contribution >= 0.6 is 0 Å². The van der Waals surface area contributed by atoms with Crippen LogP contribution in [0.2, 0.25) is 0 Å². The highest BCUT2D eigenvalue weighted by Crippen LogP contribution is 2.52. The van der Waals surface area contributed by atoms with E-state index in [4.69, 9.17) is 0 Å². The van der Waals surface area contributed by atoms with Gasteiger partial charge in [-0.1, -0.05) is 196 Å². The lowest BCUT2D eigenvalue weighted by Gasteiger charge is -2.23. The first kappa shape index (κ1) is 33.8. The van der Waals surface area contributed by atoms with Gasteiger partial charge in [-0.25, -0.2) is 0 Å². The molecule has 0 amide bonds. The topological polar surface area (TPSA) is 0 Å². The Labute approximate surface area is 344 Å². The van der Waals surface area contributed by atoms with Crippen LogP contribution in [0.25, 0.3) is 109 Å². The van der Waals surface area contributed by atoms with Gasteiger partial charge in [0.25, 0.3) is 0 Å². The van der Waals surface area contributed by atoms with E-state index in [9.17, 15) is 0 Å². The van der Waals surface area contributed by atoms with Gasteiger partial charge in [-0.2, -0.15) is 0 Å². The zero-order chi connectivity index (χ0) is 39.2. The maximum atomic E-state index is 2.50. The van der Waals surface area contributed by atoms with Crippen molar-refractivity contribution in [2.24, 2.45) is 0 Å². The summed E-state index contributed by atoms with van der Waals surface area (Å²) in [7, 11) is 0. The molecule has 0 nitrogen and oxygen atoms in total. The minimum atomic E-state index is -0.117. The Hall–Kier alpha value is -7.28. The summed E-state index contributed by atoms with van der Waals surface area (Å²) < 4.78 is 0. The molecule has 0 spiro atoms. The highest BCUT2D eigenvalue weighted by molar-refractivity contribution is 6.23. The first-order valence-electron chi connectivity index (χ1n) is 20.7. The van der Waals surface area contributed by atoms with E-state index < -0.39 is 0 Å². The first-order valence-corrected chi connectivity index (χ1v) is 20.7. The molecule has 276 valence electrons. The van der Waals surface area contributed by atoms with Crippen molar-refractivity contribution in [2.45, 2.75) is 19.3 Å². The van der Waals surface area contributed by atoms with Gasteiger partial charge in [0.2, 0.25) is 0 Å². The molecule has 59 heavy (non-hydrogen) atoms. The molecule has 0 atom stereocenters. The Kier molecular flexibility index (Phi) is 7.38. The second-order valence-electron chi connectivity index (χ2n) is 16.8. The third kappa shape index (κ3) is 5.16. The van der Waals surface area contributed by atoms with Gasteiger partial charge in [0, 0.05) is 5.41 Å². The Morgan fingerprint density at radius 3 is 1.36 bits per heavy atom. The summed E-state index contributed by atoms with van der Waals surface area (Å²) >= 11 is 0. The van der Waals surface area contributed by atoms with E-state index in [1.807, 2.05) is 0 Å². The minimum Gasteiger partial charge on any atom is -0.0619 e. The number of benzene rings is 11. The number of hydrogen-bond donors (Lipinski definition) is 0. The van der Waals surface area contributed by atoms with Gasteiger partial charge in [0.15, 0.2) is 0 Å². The van der Waals surface area contributed by atoms with Crippen molar-refractivity contribution in [2.75, 3.05) is 0 Å². The van der Waals surface area contributed by atoms with E-state index in [0.717, 1.165) is 0 Å². The van der Waals surface area contributed by atoms with Gasteiger partial charge in [-0.3, -0.25) is 0 Å². The predicted octanol–water partition coefficient (Wildman–Crippen LogP) is 16.4. The fourth-order valence-corrected chi connectivity index (χ4v) is 10.3. The van der Waals surface area contributed by atoms with Gasteiger partial charge in [0.05, 0.1) is 0 Å².